The normalized spacial score (nSPS) is 30.0. The Labute approximate surface area is 119 Å². The lowest BCUT2D eigenvalue weighted by molar-refractivity contribution is -0.144. The quantitative estimate of drug-likeness (QED) is 0.695. The summed E-state index contributed by atoms with van der Waals surface area (Å²) in [5, 5.41) is 3.80. The lowest BCUT2D eigenvalue weighted by Gasteiger charge is -2.56. The monoisotopic (exact) mass is 267 g/mol. The summed E-state index contributed by atoms with van der Waals surface area (Å²) in [6, 6.07) is 0.733. The van der Waals surface area contributed by atoms with Gasteiger partial charge in [-0.15, -0.1) is 0 Å². The summed E-state index contributed by atoms with van der Waals surface area (Å²) >= 11 is 0. The first kappa shape index (κ1) is 15.3. The van der Waals surface area contributed by atoms with Crippen LogP contribution in [0.1, 0.15) is 78.1 Å². The van der Waals surface area contributed by atoms with Crippen LogP contribution in [0.2, 0.25) is 0 Å². The molecule has 2 atom stereocenters. The third-order valence-electron chi connectivity index (χ3n) is 5.28. The minimum Gasteiger partial charge on any atom is -0.378 e. The molecule has 112 valence electrons. The van der Waals surface area contributed by atoms with E-state index in [2.05, 4.69) is 19.2 Å². The molecule has 2 unspecified atom stereocenters. The largest absolute Gasteiger partial charge is 0.378 e. The van der Waals surface area contributed by atoms with Crippen molar-refractivity contribution < 1.29 is 4.74 Å². The first-order valence-corrected chi connectivity index (χ1v) is 8.68. The summed E-state index contributed by atoms with van der Waals surface area (Å²) < 4.78 is 6.24. The van der Waals surface area contributed by atoms with E-state index in [9.17, 15) is 0 Å². The molecule has 0 heterocycles. The van der Waals surface area contributed by atoms with Gasteiger partial charge in [0.25, 0.3) is 0 Å². The van der Waals surface area contributed by atoms with Crippen LogP contribution in [0.25, 0.3) is 0 Å². The summed E-state index contributed by atoms with van der Waals surface area (Å²) in [6.07, 6.45) is 14.0. The topological polar surface area (TPSA) is 21.3 Å². The highest BCUT2D eigenvalue weighted by atomic mass is 16.5. The summed E-state index contributed by atoms with van der Waals surface area (Å²) in [4.78, 5) is 0. The highest BCUT2D eigenvalue weighted by molar-refractivity contribution is 5.08. The summed E-state index contributed by atoms with van der Waals surface area (Å²) in [5.41, 5.74) is 0.486. The molecule has 1 spiro atoms. The number of unbranched alkanes of at least 4 members (excludes halogenated alkanes) is 1. The summed E-state index contributed by atoms with van der Waals surface area (Å²) in [6.45, 7) is 6.66. The molecule has 0 radical (unpaired) electrons. The van der Waals surface area contributed by atoms with E-state index in [4.69, 9.17) is 4.74 Å². The Hall–Kier alpha value is -0.0800. The number of ether oxygens (including phenoxy) is 1. The van der Waals surface area contributed by atoms with E-state index >= 15 is 0 Å². The summed E-state index contributed by atoms with van der Waals surface area (Å²) in [5.74, 6) is 0. The van der Waals surface area contributed by atoms with E-state index in [1.807, 2.05) is 0 Å². The van der Waals surface area contributed by atoms with Crippen LogP contribution in [-0.4, -0.2) is 25.3 Å². The zero-order valence-corrected chi connectivity index (χ0v) is 13.0. The fourth-order valence-electron chi connectivity index (χ4n) is 4.01. The molecule has 2 nitrogen and oxygen atoms in total. The maximum atomic E-state index is 6.24. The smallest absolute Gasteiger partial charge is 0.0661 e. The second-order valence-corrected chi connectivity index (χ2v) is 6.60. The molecular weight excluding hydrogens is 234 g/mol. The van der Waals surface area contributed by atoms with Gasteiger partial charge in [0, 0.05) is 18.1 Å². The van der Waals surface area contributed by atoms with Crippen LogP contribution in [0.3, 0.4) is 0 Å². The molecule has 2 saturated carbocycles. The molecule has 2 aliphatic carbocycles. The number of hydrogen-bond donors (Lipinski definition) is 1. The van der Waals surface area contributed by atoms with Gasteiger partial charge in [-0.25, -0.2) is 0 Å². The molecule has 0 aliphatic heterocycles. The number of hydrogen-bond acceptors (Lipinski definition) is 2. The van der Waals surface area contributed by atoms with Crippen LogP contribution in [0.4, 0.5) is 0 Å². The van der Waals surface area contributed by atoms with Crippen LogP contribution >= 0.6 is 0 Å². The lowest BCUT2D eigenvalue weighted by atomic mass is 9.57. The molecule has 2 fully saturated rings. The van der Waals surface area contributed by atoms with Crippen LogP contribution in [-0.2, 0) is 4.74 Å². The lowest BCUT2D eigenvalue weighted by Crippen LogP contribution is -2.63. The Bertz CT molecular complexity index is 246. The van der Waals surface area contributed by atoms with E-state index in [1.165, 1.54) is 70.8 Å². The van der Waals surface area contributed by atoms with Gasteiger partial charge in [-0.3, -0.25) is 0 Å². The fourth-order valence-corrected chi connectivity index (χ4v) is 4.01. The molecule has 0 aromatic heterocycles. The molecule has 0 amide bonds. The van der Waals surface area contributed by atoms with Gasteiger partial charge in [0.05, 0.1) is 6.10 Å². The van der Waals surface area contributed by atoms with Crippen molar-refractivity contribution >= 4 is 0 Å². The maximum absolute atomic E-state index is 6.24. The minimum absolute atomic E-state index is 0.486. The molecule has 1 N–H and O–H groups in total. The van der Waals surface area contributed by atoms with Crippen LogP contribution < -0.4 is 5.32 Å². The van der Waals surface area contributed by atoms with Crippen molar-refractivity contribution in [2.45, 2.75) is 90.2 Å². The van der Waals surface area contributed by atoms with Crippen molar-refractivity contribution in [3.63, 3.8) is 0 Å². The van der Waals surface area contributed by atoms with E-state index in [0.29, 0.717) is 11.5 Å². The Kier molecular flexibility index (Phi) is 6.15. The molecule has 19 heavy (non-hydrogen) atoms. The van der Waals surface area contributed by atoms with Gasteiger partial charge in [-0.1, -0.05) is 46.0 Å². The highest BCUT2D eigenvalue weighted by Gasteiger charge is 2.54. The second kappa shape index (κ2) is 7.64. The number of rotatable bonds is 7. The Morgan fingerprint density at radius 1 is 1.05 bits per heavy atom. The van der Waals surface area contributed by atoms with Crippen LogP contribution in [0.15, 0.2) is 0 Å². The minimum atomic E-state index is 0.486. The van der Waals surface area contributed by atoms with Gasteiger partial charge in [0.15, 0.2) is 0 Å². The summed E-state index contributed by atoms with van der Waals surface area (Å²) in [7, 11) is 0. The zero-order valence-electron chi connectivity index (χ0n) is 13.0. The first-order chi connectivity index (χ1) is 9.33. The Balaban J connectivity index is 1.92. The van der Waals surface area contributed by atoms with Gasteiger partial charge >= 0.3 is 0 Å². The average molecular weight is 267 g/mol. The predicted octanol–water partition coefficient (Wildman–Crippen LogP) is 4.28. The van der Waals surface area contributed by atoms with Crippen molar-refractivity contribution in [1.29, 1.82) is 0 Å². The third kappa shape index (κ3) is 3.52. The van der Waals surface area contributed by atoms with Crippen molar-refractivity contribution in [3.8, 4) is 0 Å². The van der Waals surface area contributed by atoms with Crippen molar-refractivity contribution in [3.05, 3.63) is 0 Å². The van der Waals surface area contributed by atoms with Crippen molar-refractivity contribution in [1.82, 2.24) is 5.32 Å². The molecule has 0 bridgehead atoms. The molecule has 2 aliphatic rings. The van der Waals surface area contributed by atoms with Crippen LogP contribution in [0, 0.1) is 5.41 Å². The van der Waals surface area contributed by atoms with Gasteiger partial charge in [-0.05, 0) is 38.6 Å². The van der Waals surface area contributed by atoms with Gasteiger partial charge in [0.2, 0.25) is 0 Å². The average Bonchev–Trinajstić information content (AvgIpc) is 2.69. The Morgan fingerprint density at radius 2 is 1.79 bits per heavy atom. The highest BCUT2D eigenvalue weighted by Crippen LogP contribution is 2.52. The second-order valence-electron chi connectivity index (χ2n) is 6.60. The van der Waals surface area contributed by atoms with Gasteiger partial charge in [0.1, 0.15) is 0 Å². The fraction of sp³-hybridized carbons (Fsp3) is 1.00. The van der Waals surface area contributed by atoms with E-state index in [1.54, 1.807) is 0 Å². The SMILES string of the molecule is CCCCOC1CC(NCCC)C12CCCCCC2. The molecular formula is C17H33NO. The molecule has 0 saturated heterocycles. The van der Waals surface area contributed by atoms with Crippen molar-refractivity contribution in [2.75, 3.05) is 13.2 Å². The van der Waals surface area contributed by atoms with E-state index in [0.717, 1.165) is 12.6 Å². The zero-order chi connectivity index (χ0) is 13.6. The molecule has 2 heteroatoms. The van der Waals surface area contributed by atoms with Gasteiger partial charge in [-0.2, -0.15) is 0 Å². The molecule has 2 rings (SSSR count). The standard InChI is InChI=1S/C17H33NO/c1-3-5-13-19-16-14-15(18-12-4-2)17(16)10-8-6-7-9-11-17/h15-16,18H,3-14H2,1-2H3. The van der Waals surface area contributed by atoms with E-state index < -0.39 is 0 Å². The molecule has 0 aromatic carbocycles. The van der Waals surface area contributed by atoms with E-state index in [-0.39, 0.29) is 0 Å². The predicted molar refractivity (Wildman–Crippen MR) is 81.5 cm³/mol. The van der Waals surface area contributed by atoms with Crippen LogP contribution in [0.5, 0.6) is 0 Å². The Morgan fingerprint density at radius 3 is 2.42 bits per heavy atom. The third-order valence-corrected chi connectivity index (χ3v) is 5.28. The number of nitrogens with one attached hydrogen (secondary N) is 1. The maximum Gasteiger partial charge on any atom is 0.0661 e. The molecule has 0 aromatic rings. The first-order valence-electron chi connectivity index (χ1n) is 8.68. The van der Waals surface area contributed by atoms with Crippen molar-refractivity contribution in [2.24, 2.45) is 5.41 Å². The van der Waals surface area contributed by atoms with Gasteiger partial charge < -0.3 is 10.1 Å².